The predicted molar refractivity (Wildman–Crippen MR) is 62.5 cm³/mol. The van der Waals surface area contributed by atoms with Crippen molar-refractivity contribution in [2.45, 2.75) is 6.42 Å². The van der Waals surface area contributed by atoms with Crippen molar-refractivity contribution in [1.82, 2.24) is 0 Å². The number of nitrogens with zero attached hydrogens (tertiary/aromatic N) is 2. The Morgan fingerprint density at radius 3 is 2.47 bits per heavy atom. The van der Waals surface area contributed by atoms with Crippen LogP contribution in [0.2, 0.25) is 10.0 Å². The third-order valence-electron chi connectivity index (χ3n) is 2.59. The van der Waals surface area contributed by atoms with Gasteiger partial charge in [-0.3, -0.25) is 4.79 Å². The Labute approximate surface area is 107 Å². The van der Waals surface area contributed by atoms with Crippen LogP contribution in [0.3, 0.4) is 0 Å². The smallest absolute Gasteiger partial charge is 0.228 e. The molecule has 0 aliphatic carbocycles. The zero-order valence-corrected chi connectivity index (χ0v) is 10.1. The predicted octanol–water partition coefficient (Wildman–Crippen LogP) is 3.01. The highest BCUT2D eigenvalue weighted by atomic mass is 35.5. The summed E-state index contributed by atoms with van der Waals surface area (Å²) in [5.41, 5.74) is 0.421. The van der Waals surface area contributed by atoms with Gasteiger partial charge in [0.05, 0.1) is 22.0 Å². The van der Waals surface area contributed by atoms with Crippen LogP contribution in [0.15, 0.2) is 12.1 Å². The van der Waals surface area contributed by atoms with Crippen LogP contribution in [0.5, 0.6) is 0 Å². The van der Waals surface area contributed by atoms with E-state index in [1.54, 1.807) is 0 Å². The molecule has 1 unspecified atom stereocenters. The molecule has 1 aliphatic rings. The highest BCUT2D eigenvalue weighted by Gasteiger charge is 2.31. The van der Waals surface area contributed by atoms with Crippen molar-refractivity contribution in [2.24, 2.45) is 5.92 Å². The van der Waals surface area contributed by atoms with Gasteiger partial charge in [0, 0.05) is 18.7 Å². The fraction of sp³-hybridized carbons (Fsp3) is 0.273. The quantitative estimate of drug-likeness (QED) is 0.738. The van der Waals surface area contributed by atoms with Crippen LogP contribution in [0.1, 0.15) is 6.42 Å². The summed E-state index contributed by atoms with van der Waals surface area (Å²) < 4.78 is 13.2. The number of hydrogen-bond donors (Lipinski definition) is 0. The van der Waals surface area contributed by atoms with Crippen LogP contribution >= 0.6 is 23.2 Å². The molecule has 1 atom stereocenters. The first-order valence-corrected chi connectivity index (χ1v) is 5.63. The highest BCUT2D eigenvalue weighted by molar-refractivity contribution is 6.35. The molecular weight excluding hydrogens is 266 g/mol. The van der Waals surface area contributed by atoms with E-state index in [1.165, 1.54) is 17.0 Å². The summed E-state index contributed by atoms with van der Waals surface area (Å²) in [7, 11) is 0. The van der Waals surface area contributed by atoms with Gasteiger partial charge in [-0.15, -0.1) is 0 Å². The SMILES string of the molecule is N#CC1CC(=O)N(c2cc(Cl)c(F)c(Cl)c2)C1. The maximum absolute atomic E-state index is 13.2. The lowest BCUT2D eigenvalue weighted by atomic mass is 10.1. The maximum Gasteiger partial charge on any atom is 0.228 e. The molecule has 0 bridgehead atoms. The monoisotopic (exact) mass is 272 g/mol. The van der Waals surface area contributed by atoms with Gasteiger partial charge in [-0.05, 0) is 12.1 Å². The Morgan fingerprint density at radius 2 is 2.00 bits per heavy atom. The standard InChI is InChI=1S/C11H7Cl2FN2O/c12-8-2-7(3-9(13)11(8)14)16-5-6(4-15)1-10(16)17/h2-3,6H,1,5H2. The molecule has 1 aliphatic heterocycles. The van der Waals surface area contributed by atoms with E-state index in [1.807, 2.05) is 6.07 Å². The molecule has 1 aromatic rings. The molecule has 17 heavy (non-hydrogen) atoms. The van der Waals surface area contributed by atoms with Gasteiger partial charge in [0.1, 0.15) is 0 Å². The zero-order chi connectivity index (χ0) is 12.6. The Bertz CT molecular complexity index is 504. The molecule has 1 heterocycles. The van der Waals surface area contributed by atoms with E-state index in [2.05, 4.69) is 0 Å². The average molecular weight is 273 g/mol. The molecule has 3 nitrogen and oxygen atoms in total. The Morgan fingerprint density at radius 1 is 1.41 bits per heavy atom. The lowest BCUT2D eigenvalue weighted by molar-refractivity contribution is -0.117. The summed E-state index contributed by atoms with van der Waals surface area (Å²) in [4.78, 5) is 13.0. The van der Waals surface area contributed by atoms with Crippen molar-refractivity contribution in [3.63, 3.8) is 0 Å². The number of halogens is 3. The number of rotatable bonds is 1. The molecule has 6 heteroatoms. The summed E-state index contributed by atoms with van der Waals surface area (Å²) >= 11 is 11.3. The lowest BCUT2D eigenvalue weighted by Gasteiger charge is -2.16. The topological polar surface area (TPSA) is 44.1 Å². The van der Waals surface area contributed by atoms with Gasteiger partial charge in [0.25, 0.3) is 0 Å². The van der Waals surface area contributed by atoms with Crippen molar-refractivity contribution in [3.05, 3.63) is 28.0 Å². The minimum atomic E-state index is -0.708. The second-order valence-corrected chi connectivity index (χ2v) is 4.57. The normalized spacial score (nSPS) is 19.5. The average Bonchev–Trinajstić information content (AvgIpc) is 2.67. The minimum Gasteiger partial charge on any atom is -0.311 e. The molecular formula is C11H7Cl2FN2O. The summed E-state index contributed by atoms with van der Waals surface area (Å²) in [6, 6.07) is 4.70. The third-order valence-corrected chi connectivity index (χ3v) is 3.14. The van der Waals surface area contributed by atoms with Crippen LogP contribution in [0.25, 0.3) is 0 Å². The van der Waals surface area contributed by atoms with E-state index < -0.39 is 5.82 Å². The third kappa shape index (κ3) is 2.21. The summed E-state index contributed by atoms with van der Waals surface area (Å²) in [5, 5.41) is 8.48. The largest absolute Gasteiger partial charge is 0.311 e. The molecule has 0 radical (unpaired) electrons. The van der Waals surface area contributed by atoms with Crippen LogP contribution < -0.4 is 4.90 Å². The molecule has 1 aromatic carbocycles. The molecule has 0 saturated carbocycles. The second kappa shape index (κ2) is 4.52. The first-order chi connectivity index (χ1) is 8.02. The number of carbonyl (C=O) groups is 1. The molecule has 1 amide bonds. The van der Waals surface area contributed by atoms with Crippen molar-refractivity contribution >= 4 is 34.8 Å². The van der Waals surface area contributed by atoms with Crippen LogP contribution in [0, 0.1) is 23.1 Å². The second-order valence-electron chi connectivity index (χ2n) is 3.76. The van der Waals surface area contributed by atoms with Gasteiger partial charge in [-0.2, -0.15) is 5.26 Å². The van der Waals surface area contributed by atoms with Crippen molar-refractivity contribution in [3.8, 4) is 6.07 Å². The number of amides is 1. The molecule has 0 spiro atoms. The van der Waals surface area contributed by atoms with Crippen molar-refractivity contribution in [2.75, 3.05) is 11.4 Å². The van der Waals surface area contributed by atoms with Gasteiger partial charge in [0.2, 0.25) is 5.91 Å². The zero-order valence-electron chi connectivity index (χ0n) is 8.58. The molecule has 1 saturated heterocycles. The summed E-state index contributed by atoms with van der Waals surface area (Å²) in [6.45, 7) is 0.285. The van der Waals surface area contributed by atoms with Crippen molar-refractivity contribution in [1.29, 1.82) is 5.26 Å². The fourth-order valence-corrected chi connectivity index (χ4v) is 2.22. The lowest BCUT2D eigenvalue weighted by Crippen LogP contribution is -2.24. The molecule has 0 aromatic heterocycles. The van der Waals surface area contributed by atoms with Crippen LogP contribution in [0.4, 0.5) is 10.1 Å². The van der Waals surface area contributed by atoms with Gasteiger partial charge < -0.3 is 4.90 Å². The fourth-order valence-electron chi connectivity index (χ4n) is 1.74. The van der Waals surface area contributed by atoms with Gasteiger partial charge >= 0.3 is 0 Å². The molecule has 1 fully saturated rings. The summed E-state index contributed by atoms with van der Waals surface area (Å²) in [6.07, 6.45) is 0.170. The van der Waals surface area contributed by atoms with Gasteiger partial charge in [-0.25, -0.2) is 4.39 Å². The Balaban J connectivity index is 2.36. The Kier molecular flexibility index (Phi) is 3.23. The highest BCUT2D eigenvalue weighted by Crippen LogP contribution is 2.32. The van der Waals surface area contributed by atoms with Gasteiger partial charge in [-0.1, -0.05) is 23.2 Å². The van der Waals surface area contributed by atoms with E-state index in [4.69, 9.17) is 28.5 Å². The summed E-state index contributed by atoms with van der Waals surface area (Å²) in [5.74, 6) is -1.24. The maximum atomic E-state index is 13.2. The van der Waals surface area contributed by atoms with E-state index in [0.717, 1.165) is 0 Å². The minimum absolute atomic E-state index is 0.138. The van der Waals surface area contributed by atoms with Crippen LogP contribution in [-0.2, 0) is 4.79 Å². The number of benzene rings is 1. The van der Waals surface area contributed by atoms with E-state index in [-0.39, 0.29) is 34.8 Å². The Hall–Kier alpha value is -1.31. The first kappa shape index (κ1) is 12.2. The molecule has 2 rings (SSSR count). The van der Waals surface area contributed by atoms with E-state index in [9.17, 15) is 9.18 Å². The number of anilines is 1. The van der Waals surface area contributed by atoms with E-state index in [0.29, 0.717) is 5.69 Å². The molecule has 0 N–H and O–H groups in total. The first-order valence-electron chi connectivity index (χ1n) is 4.87. The van der Waals surface area contributed by atoms with Crippen molar-refractivity contribution < 1.29 is 9.18 Å². The van der Waals surface area contributed by atoms with Gasteiger partial charge in [0.15, 0.2) is 5.82 Å². The molecule has 88 valence electrons. The number of carbonyl (C=O) groups excluding carboxylic acids is 1. The number of hydrogen-bond acceptors (Lipinski definition) is 2. The number of nitriles is 1. The van der Waals surface area contributed by atoms with E-state index >= 15 is 0 Å². The van der Waals surface area contributed by atoms with Crippen LogP contribution in [-0.4, -0.2) is 12.5 Å².